The van der Waals surface area contributed by atoms with Crippen LogP contribution in [-0.2, 0) is 4.74 Å². The Kier molecular flexibility index (Phi) is 5.36. The molecular formula is C15H24N2O3. The third-order valence-electron chi connectivity index (χ3n) is 3.50. The minimum Gasteiger partial charge on any atom is -0.462 e. The number of esters is 1. The molecule has 1 heterocycles. The number of amides is 1. The van der Waals surface area contributed by atoms with E-state index in [0.29, 0.717) is 35.0 Å². The van der Waals surface area contributed by atoms with Gasteiger partial charge in [-0.25, -0.2) is 4.79 Å². The van der Waals surface area contributed by atoms with Crippen LogP contribution in [0, 0.1) is 19.8 Å². The van der Waals surface area contributed by atoms with Crippen LogP contribution < -0.4 is 5.32 Å². The average Bonchev–Trinajstić information content (AvgIpc) is 2.64. The molecule has 5 heteroatoms. The van der Waals surface area contributed by atoms with Gasteiger partial charge in [-0.1, -0.05) is 13.8 Å². The second-order valence-electron chi connectivity index (χ2n) is 5.35. The van der Waals surface area contributed by atoms with E-state index in [9.17, 15) is 9.59 Å². The summed E-state index contributed by atoms with van der Waals surface area (Å²) in [5.41, 5.74) is 2.17. The minimum absolute atomic E-state index is 0.0662. The average molecular weight is 280 g/mol. The normalized spacial score (nSPS) is 12.3. The van der Waals surface area contributed by atoms with Crippen molar-refractivity contribution in [3.8, 4) is 0 Å². The molecule has 0 fully saturated rings. The van der Waals surface area contributed by atoms with E-state index in [2.05, 4.69) is 10.3 Å². The molecule has 2 N–H and O–H groups in total. The van der Waals surface area contributed by atoms with Crippen molar-refractivity contribution in [2.24, 2.45) is 5.92 Å². The summed E-state index contributed by atoms with van der Waals surface area (Å²) in [5.74, 6) is -0.239. The molecule has 1 aromatic heterocycles. The summed E-state index contributed by atoms with van der Waals surface area (Å²) in [6.07, 6.45) is 0. The molecule has 1 aromatic rings. The highest BCUT2D eigenvalue weighted by Gasteiger charge is 2.23. The highest BCUT2D eigenvalue weighted by atomic mass is 16.5. The van der Waals surface area contributed by atoms with Crippen LogP contribution in [0.15, 0.2) is 0 Å². The first-order valence-electron chi connectivity index (χ1n) is 6.96. The summed E-state index contributed by atoms with van der Waals surface area (Å²) in [7, 11) is 0. The number of nitrogens with one attached hydrogen (secondary N) is 2. The lowest BCUT2D eigenvalue weighted by atomic mass is 10.1. The molecular weight excluding hydrogens is 256 g/mol. The van der Waals surface area contributed by atoms with Crippen molar-refractivity contribution in [3.05, 3.63) is 22.5 Å². The smallest absolute Gasteiger partial charge is 0.340 e. The first kappa shape index (κ1) is 16.3. The fourth-order valence-corrected chi connectivity index (χ4v) is 1.93. The zero-order chi connectivity index (χ0) is 15.4. The predicted molar refractivity (Wildman–Crippen MR) is 78.0 cm³/mol. The van der Waals surface area contributed by atoms with Gasteiger partial charge in [0.2, 0.25) is 0 Å². The number of H-pyrrole nitrogens is 1. The van der Waals surface area contributed by atoms with E-state index in [-0.39, 0.29) is 11.9 Å². The Bertz CT molecular complexity index is 503. The molecule has 0 radical (unpaired) electrons. The first-order valence-corrected chi connectivity index (χ1v) is 6.96. The fourth-order valence-electron chi connectivity index (χ4n) is 1.93. The van der Waals surface area contributed by atoms with Crippen molar-refractivity contribution in [1.29, 1.82) is 0 Å². The Balaban J connectivity index is 3.01. The van der Waals surface area contributed by atoms with E-state index in [1.165, 1.54) is 0 Å². The summed E-state index contributed by atoms with van der Waals surface area (Å²) < 4.78 is 5.01. The Morgan fingerprint density at radius 2 is 1.85 bits per heavy atom. The van der Waals surface area contributed by atoms with Gasteiger partial charge in [-0.15, -0.1) is 0 Å². The van der Waals surface area contributed by atoms with Crippen LogP contribution in [0.25, 0.3) is 0 Å². The van der Waals surface area contributed by atoms with Crippen molar-refractivity contribution >= 4 is 11.9 Å². The van der Waals surface area contributed by atoms with Gasteiger partial charge < -0.3 is 15.0 Å². The van der Waals surface area contributed by atoms with E-state index in [1.807, 2.05) is 20.8 Å². The molecule has 5 nitrogen and oxygen atoms in total. The van der Waals surface area contributed by atoms with E-state index >= 15 is 0 Å². The van der Waals surface area contributed by atoms with Gasteiger partial charge in [0.1, 0.15) is 5.69 Å². The molecule has 0 aromatic carbocycles. The monoisotopic (exact) mass is 280 g/mol. The Morgan fingerprint density at radius 1 is 1.25 bits per heavy atom. The van der Waals surface area contributed by atoms with E-state index in [4.69, 9.17) is 4.74 Å². The highest BCUT2D eigenvalue weighted by molar-refractivity contribution is 6.00. The molecule has 0 bridgehead atoms. The van der Waals surface area contributed by atoms with Gasteiger partial charge in [0.25, 0.3) is 5.91 Å². The Hall–Kier alpha value is -1.78. The van der Waals surface area contributed by atoms with Gasteiger partial charge in [0, 0.05) is 11.7 Å². The Labute approximate surface area is 120 Å². The van der Waals surface area contributed by atoms with Gasteiger partial charge in [0.05, 0.1) is 12.2 Å². The quantitative estimate of drug-likeness (QED) is 0.814. The van der Waals surface area contributed by atoms with Crippen molar-refractivity contribution in [2.75, 3.05) is 6.61 Å². The number of hydrogen-bond acceptors (Lipinski definition) is 3. The van der Waals surface area contributed by atoms with Crippen LogP contribution in [0.2, 0.25) is 0 Å². The summed E-state index contributed by atoms with van der Waals surface area (Å²) in [5, 5.41) is 2.93. The summed E-state index contributed by atoms with van der Waals surface area (Å²) in [6.45, 7) is 11.6. The molecule has 0 aliphatic carbocycles. The van der Waals surface area contributed by atoms with Crippen LogP contribution in [0.1, 0.15) is 59.8 Å². The largest absolute Gasteiger partial charge is 0.462 e. The molecule has 0 spiro atoms. The van der Waals surface area contributed by atoms with Crippen LogP contribution >= 0.6 is 0 Å². The number of aromatic amines is 1. The lowest BCUT2D eigenvalue weighted by Crippen LogP contribution is -2.36. The Morgan fingerprint density at radius 3 is 2.35 bits per heavy atom. The van der Waals surface area contributed by atoms with Gasteiger partial charge in [-0.3, -0.25) is 4.79 Å². The number of ether oxygens (including phenoxy) is 1. The fraction of sp³-hybridized carbons (Fsp3) is 0.600. The number of aromatic nitrogens is 1. The van der Waals surface area contributed by atoms with E-state index < -0.39 is 5.97 Å². The first-order chi connectivity index (χ1) is 9.29. The molecule has 20 heavy (non-hydrogen) atoms. The van der Waals surface area contributed by atoms with Crippen molar-refractivity contribution in [3.63, 3.8) is 0 Å². The SMILES string of the molecule is CCOC(=O)c1c(C)[nH]c(C(=O)N[C@@H](C)C(C)C)c1C. The maximum absolute atomic E-state index is 12.2. The number of rotatable bonds is 5. The number of hydrogen-bond donors (Lipinski definition) is 2. The summed E-state index contributed by atoms with van der Waals surface area (Å²) >= 11 is 0. The topological polar surface area (TPSA) is 71.2 Å². The van der Waals surface area contributed by atoms with Gasteiger partial charge in [-0.2, -0.15) is 0 Å². The summed E-state index contributed by atoms with van der Waals surface area (Å²) in [6, 6.07) is 0.0662. The van der Waals surface area contributed by atoms with Crippen molar-refractivity contribution in [1.82, 2.24) is 10.3 Å². The molecule has 1 atom stereocenters. The van der Waals surface area contributed by atoms with Crippen LogP contribution in [0.5, 0.6) is 0 Å². The molecule has 0 aliphatic heterocycles. The summed E-state index contributed by atoms with van der Waals surface area (Å²) in [4.78, 5) is 27.1. The zero-order valence-electron chi connectivity index (χ0n) is 13.1. The highest BCUT2D eigenvalue weighted by Crippen LogP contribution is 2.19. The third-order valence-corrected chi connectivity index (χ3v) is 3.50. The van der Waals surface area contributed by atoms with Crippen LogP contribution in [0.4, 0.5) is 0 Å². The molecule has 0 saturated heterocycles. The molecule has 112 valence electrons. The number of aryl methyl sites for hydroxylation is 1. The molecule has 0 unspecified atom stereocenters. The number of carbonyl (C=O) groups is 2. The maximum Gasteiger partial charge on any atom is 0.340 e. The maximum atomic E-state index is 12.2. The van der Waals surface area contributed by atoms with Gasteiger partial charge in [0.15, 0.2) is 0 Å². The van der Waals surface area contributed by atoms with E-state index in [1.54, 1.807) is 20.8 Å². The molecule has 1 rings (SSSR count). The van der Waals surface area contributed by atoms with Crippen molar-refractivity contribution in [2.45, 2.75) is 47.6 Å². The van der Waals surface area contributed by atoms with Crippen LogP contribution in [0.3, 0.4) is 0 Å². The third kappa shape index (κ3) is 3.40. The zero-order valence-corrected chi connectivity index (χ0v) is 13.1. The molecule has 0 aliphatic rings. The van der Waals surface area contributed by atoms with Crippen LogP contribution in [-0.4, -0.2) is 29.5 Å². The number of carbonyl (C=O) groups excluding carboxylic acids is 2. The second kappa shape index (κ2) is 6.59. The molecule has 1 amide bonds. The standard InChI is InChI=1S/C15H24N2O3/c1-7-20-15(19)12-9(4)13(16-11(12)6)14(18)17-10(5)8(2)3/h8,10,16H,7H2,1-6H3,(H,17,18)/t10-/m0/s1. The van der Waals surface area contributed by atoms with Crippen molar-refractivity contribution < 1.29 is 14.3 Å². The predicted octanol–water partition coefficient (Wildman–Crippen LogP) is 2.58. The van der Waals surface area contributed by atoms with Gasteiger partial charge >= 0.3 is 5.97 Å². The minimum atomic E-state index is -0.394. The molecule has 0 saturated carbocycles. The van der Waals surface area contributed by atoms with Gasteiger partial charge in [-0.05, 0) is 39.2 Å². The lowest BCUT2D eigenvalue weighted by Gasteiger charge is -2.17. The second-order valence-corrected chi connectivity index (χ2v) is 5.35. The van der Waals surface area contributed by atoms with E-state index in [0.717, 1.165) is 0 Å². The lowest BCUT2D eigenvalue weighted by molar-refractivity contribution is 0.0525.